The Morgan fingerprint density at radius 3 is 2.37 bits per heavy atom. The summed E-state index contributed by atoms with van der Waals surface area (Å²) < 4.78 is 2.07. The van der Waals surface area contributed by atoms with Gasteiger partial charge in [0, 0.05) is 17.6 Å². The molecule has 0 atom stereocenters. The van der Waals surface area contributed by atoms with Crippen LogP contribution in [0.1, 0.15) is 64.7 Å². The van der Waals surface area contributed by atoms with Crippen molar-refractivity contribution in [3.63, 3.8) is 0 Å². The van der Waals surface area contributed by atoms with Gasteiger partial charge in [0.25, 0.3) is 5.91 Å². The molecule has 0 bridgehead atoms. The van der Waals surface area contributed by atoms with E-state index in [9.17, 15) is 4.79 Å². The summed E-state index contributed by atoms with van der Waals surface area (Å²) in [5.74, 6) is 0.928. The Morgan fingerprint density at radius 1 is 1.03 bits per heavy atom. The molecule has 0 spiro atoms. The van der Waals surface area contributed by atoms with Crippen LogP contribution < -0.4 is 10.6 Å². The quantitative estimate of drug-likeness (QED) is 0.556. The molecule has 0 fully saturated rings. The highest BCUT2D eigenvalue weighted by molar-refractivity contribution is 6.06. The molecule has 1 aromatic carbocycles. The Hall–Kier alpha value is -2.96. The van der Waals surface area contributed by atoms with Crippen LogP contribution in [0.4, 0.5) is 11.8 Å². The average molecular weight is 409 g/mol. The second-order valence-electron chi connectivity index (χ2n) is 9.75. The maximum absolute atomic E-state index is 12.6. The van der Waals surface area contributed by atoms with Crippen LogP contribution in [0.15, 0.2) is 36.7 Å². The third-order valence-corrected chi connectivity index (χ3v) is 4.77. The zero-order valence-corrected chi connectivity index (χ0v) is 18.8. The van der Waals surface area contributed by atoms with E-state index in [1.807, 2.05) is 18.2 Å². The number of aromatic nitrogens is 4. The average Bonchev–Trinajstić information content (AvgIpc) is 3.05. The summed E-state index contributed by atoms with van der Waals surface area (Å²) in [7, 11) is 0. The normalized spacial score (nSPS) is 12.2. The minimum absolute atomic E-state index is 0.222. The number of hydrogen-bond donors (Lipinski definition) is 2. The maximum Gasteiger partial charge on any atom is 0.256 e. The molecule has 0 saturated carbocycles. The summed E-state index contributed by atoms with van der Waals surface area (Å²) in [6.07, 6.45) is 3.63. The molecule has 0 aliphatic carbocycles. The van der Waals surface area contributed by atoms with Gasteiger partial charge in [0.15, 0.2) is 17.0 Å². The smallest absolute Gasteiger partial charge is 0.256 e. The number of imidazole rings is 1. The Bertz CT molecular complexity index is 1010. The van der Waals surface area contributed by atoms with Crippen molar-refractivity contribution >= 4 is 28.8 Å². The van der Waals surface area contributed by atoms with Crippen LogP contribution >= 0.6 is 0 Å². The Morgan fingerprint density at radius 2 is 1.73 bits per heavy atom. The maximum atomic E-state index is 12.6. The summed E-state index contributed by atoms with van der Waals surface area (Å²) in [6, 6.07) is 9.08. The number of amides is 1. The number of fused-ring (bicyclic) bond motifs is 1. The summed E-state index contributed by atoms with van der Waals surface area (Å²) in [6.45, 7) is 13.9. The van der Waals surface area contributed by atoms with Gasteiger partial charge in [-0.1, -0.05) is 39.0 Å². The van der Waals surface area contributed by atoms with Crippen LogP contribution in [0, 0.1) is 5.41 Å². The van der Waals surface area contributed by atoms with E-state index in [-0.39, 0.29) is 11.4 Å². The van der Waals surface area contributed by atoms with Crippen molar-refractivity contribution in [2.45, 2.75) is 59.9 Å². The van der Waals surface area contributed by atoms with Gasteiger partial charge in [0.05, 0.1) is 0 Å². The number of rotatable bonds is 6. The Kier molecular flexibility index (Phi) is 6.10. The van der Waals surface area contributed by atoms with Gasteiger partial charge in [-0.25, -0.2) is 15.0 Å². The molecule has 3 rings (SSSR count). The second-order valence-corrected chi connectivity index (χ2v) is 9.75. The lowest BCUT2D eigenvalue weighted by atomic mass is 9.91. The monoisotopic (exact) mass is 408 g/mol. The van der Waals surface area contributed by atoms with E-state index >= 15 is 0 Å². The van der Waals surface area contributed by atoms with E-state index < -0.39 is 0 Å². The zero-order chi connectivity index (χ0) is 21.9. The molecule has 7 heteroatoms. The molecule has 0 radical (unpaired) electrons. The molecule has 2 aromatic heterocycles. The van der Waals surface area contributed by atoms with Crippen molar-refractivity contribution in [1.29, 1.82) is 0 Å². The van der Waals surface area contributed by atoms with E-state index in [0.717, 1.165) is 25.3 Å². The van der Waals surface area contributed by atoms with Gasteiger partial charge in [0.2, 0.25) is 5.95 Å². The SMILES string of the molecule is CC(C)(C)CCCNc1nc2c(NC(=O)c3ccccc3)ncnc2n1C(C)(C)C. The van der Waals surface area contributed by atoms with Gasteiger partial charge < -0.3 is 10.6 Å². The first-order valence-corrected chi connectivity index (χ1v) is 10.4. The van der Waals surface area contributed by atoms with Gasteiger partial charge in [0.1, 0.15) is 6.33 Å². The van der Waals surface area contributed by atoms with Crippen LogP contribution in [0.5, 0.6) is 0 Å². The molecule has 0 aliphatic rings. The molecule has 0 aliphatic heterocycles. The molecular formula is C23H32N6O. The first-order chi connectivity index (χ1) is 14.1. The van der Waals surface area contributed by atoms with Crippen LogP contribution in [0.3, 0.4) is 0 Å². The fourth-order valence-corrected chi connectivity index (χ4v) is 3.33. The number of nitrogens with zero attached hydrogens (tertiary/aromatic N) is 4. The highest BCUT2D eigenvalue weighted by Crippen LogP contribution is 2.30. The number of nitrogens with one attached hydrogen (secondary N) is 2. The molecular weight excluding hydrogens is 376 g/mol. The molecule has 30 heavy (non-hydrogen) atoms. The van der Waals surface area contributed by atoms with E-state index in [0.29, 0.717) is 28.0 Å². The van der Waals surface area contributed by atoms with Gasteiger partial charge in [-0.15, -0.1) is 0 Å². The third-order valence-electron chi connectivity index (χ3n) is 4.77. The first kappa shape index (κ1) is 21.7. The number of anilines is 2. The first-order valence-electron chi connectivity index (χ1n) is 10.4. The molecule has 0 unspecified atom stereocenters. The largest absolute Gasteiger partial charge is 0.356 e. The molecule has 160 valence electrons. The minimum Gasteiger partial charge on any atom is -0.356 e. The van der Waals surface area contributed by atoms with Crippen LogP contribution in [0.25, 0.3) is 11.2 Å². The predicted octanol–water partition coefficient (Wildman–Crippen LogP) is 5.07. The molecule has 3 aromatic rings. The van der Waals surface area contributed by atoms with Crippen molar-refractivity contribution in [3.8, 4) is 0 Å². The van der Waals surface area contributed by atoms with Gasteiger partial charge in [-0.2, -0.15) is 0 Å². The number of hydrogen-bond acceptors (Lipinski definition) is 5. The summed E-state index contributed by atoms with van der Waals surface area (Å²) in [5.41, 5.74) is 1.90. The second kappa shape index (κ2) is 8.42. The van der Waals surface area contributed by atoms with Gasteiger partial charge in [-0.3, -0.25) is 9.36 Å². The van der Waals surface area contributed by atoms with Crippen molar-refractivity contribution in [1.82, 2.24) is 19.5 Å². The summed E-state index contributed by atoms with van der Waals surface area (Å²) in [5, 5.41) is 6.35. The Labute approximate surface area is 178 Å². The van der Waals surface area contributed by atoms with Crippen LogP contribution in [-0.2, 0) is 5.54 Å². The van der Waals surface area contributed by atoms with Gasteiger partial charge in [-0.05, 0) is 51.2 Å². The van der Waals surface area contributed by atoms with Crippen LogP contribution in [-0.4, -0.2) is 32.0 Å². The fraction of sp³-hybridized carbons (Fsp3) is 0.478. The van der Waals surface area contributed by atoms with Gasteiger partial charge >= 0.3 is 0 Å². The van der Waals surface area contributed by atoms with Crippen molar-refractivity contribution in [2.75, 3.05) is 17.2 Å². The number of carbonyl (C=O) groups is 1. The van der Waals surface area contributed by atoms with E-state index in [1.54, 1.807) is 12.1 Å². The topological polar surface area (TPSA) is 84.7 Å². The van der Waals surface area contributed by atoms with E-state index in [4.69, 9.17) is 4.98 Å². The minimum atomic E-state index is -0.240. The lowest BCUT2D eigenvalue weighted by Crippen LogP contribution is -2.25. The fourth-order valence-electron chi connectivity index (χ4n) is 3.33. The predicted molar refractivity (Wildman–Crippen MR) is 122 cm³/mol. The van der Waals surface area contributed by atoms with E-state index in [1.165, 1.54) is 6.33 Å². The Balaban J connectivity index is 1.91. The summed E-state index contributed by atoms with van der Waals surface area (Å²) >= 11 is 0. The van der Waals surface area contributed by atoms with E-state index in [2.05, 4.69) is 66.7 Å². The lowest BCUT2D eigenvalue weighted by molar-refractivity contribution is 0.102. The van der Waals surface area contributed by atoms with Crippen molar-refractivity contribution < 1.29 is 4.79 Å². The lowest BCUT2D eigenvalue weighted by Gasteiger charge is -2.24. The highest BCUT2D eigenvalue weighted by Gasteiger charge is 2.25. The highest BCUT2D eigenvalue weighted by atomic mass is 16.1. The zero-order valence-electron chi connectivity index (χ0n) is 18.8. The van der Waals surface area contributed by atoms with Crippen LogP contribution in [0.2, 0.25) is 0 Å². The molecule has 0 saturated heterocycles. The van der Waals surface area contributed by atoms with Crippen molar-refractivity contribution in [2.24, 2.45) is 5.41 Å². The molecule has 7 nitrogen and oxygen atoms in total. The molecule has 2 heterocycles. The summed E-state index contributed by atoms with van der Waals surface area (Å²) in [4.78, 5) is 26.2. The van der Waals surface area contributed by atoms with Crippen molar-refractivity contribution in [3.05, 3.63) is 42.2 Å². The standard InChI is InChI=1S/C23H32N6O/c1-22(2,3)13-10-14-24-21-27-17-18(28-20(30)16-11-8-7-9-12-16)25-15-26-19(17)29(21)23(4,5)6/h7-9,11-12,15H,10,13-14H2,1-6H3,(H,24,27)(H,25,26,28,30). The number of carbonyl (C=O) groups excluding carboxylic acids is 1. The number of benzene rings is 1. The molecule has 1 amide bonds. The third kappa shape index (κ3) is 5.14. The molecule has 2 N–H and O–H groups in total.